The Balaban J connectivity index is 1.28. The zero-order chi connectivity index (χ0) is 30.7. The van der Waals surface area contributed by atoms with Crippen molar-refractivity contribution in [1.29, 1.82) is 0 Å². The maximum Gasteiger partial charge on any atom is 0.246 e. The number of allylic oxidation sites excluding steroid dienone is 1. The minimum atomic E-state index is -1.45. The third-order valence-corrected chi connectivity index (χ3v) is 8.82. The van der Waals surface area contributed by atoms with Crippen molar-refractivity contribution in [3.63, 3.8) is 0 Å². The molecule has 12 nitrogen and oxygen atoms in total. The molecule has 234 valence electrons. The Hall–Kier alpha value is -3.32. The number of ketones is 1. The van der Waals surface area contributed by atoms with Crippen LogP contribution in [-0.4, -0.2) is 103 Å². The van der Waals surface area contributed by atoms with E-state index in [-0.39, 0.29) is 37.0 Å². The number of hydrogen-bond acceptors (Lipinski definition) is 9. The molecule has 3 saturated heterocycles. The van der Waals surface area contributed by atoms with E-state index >= 15 is 0 Å². The van der Waals surface area contributed by atoms with Crippen LogP contribution in [-0.2, 0) is 28.7 Å². The smallest absolute Gasteiger partial charge is 0.246 e. The van der Waals surface area contributed by atoms with E-state index in [0.717, 1.165) is 31.3 Å². The largest absolute Gasteiger partial charge is 0.497 e. The van der Waals surface area contributed by atoms with E-state index in [1.807, 2.05) is 4.90 Å². The standard InChI is InChI=1S/C31H42N4O8/c1-18(32-25(36)15-35-14-23-13-21(35)16-42-23)29(39)34-26(27(37)20-8-10-22(41-3)11-9-20)30(40)33-24(12-19-6-4-5-7-19)28(38)31(2)17-43-31/h6,8-11,18,21,23-24,26-27,37H,4-5,7,12-17H2,1-3H3,(H,32,36)(H,33,40)(H,34,39)/t18-,21+,23+,24-,26-,27+,31+/m0/s1. The van der Waals surface area contributed by atoms with Crippen LogP contribution in [0.3, 0.4) is 0 Å². The van der Waals surface area contributed by atoms with Gasteiger partial charge in [0.15, 0.2) is 5.78 Å². The molecule has 5 rings (SSSR count). The highest BCUT2D eigenvalue weighted by Gasteiger charge is 2.50. The number of aliphatic hydroxyl groups excluding tert-OH is 1. The van der Waals surface area contributed by atoms with Crippen LogP contribution < -0.4 is 20.7 Å². The van der Waals surface area contributed by atoms with Crippen molar-refractivity contribution in [1.82, 2.24) is 20.9 Å². The molecule has 3 heterocycles. The van der Waals surface area contributed by atoms with Crippen LogP contribution in [0.5, 0.6) is 5.75 Å². The summed E-state index contributed by atoms with van der Waals surface area (Å²) in [7, 11) is 1.51. The number of fused-ring (bicyclic) bond motifs is 2. The Morgan fingerprint density at radius 2 is 1.88 bits per heavy atom. The number of likely N-dealkylation sites (tertiary alicyclic amines) is 1. The fourth-order valence-corrected chi connectivity index (χ4v) is 6.04. The van der Waals surface area contributed by atoms with E-state index in [0.29, 0.717) is 30.9 Å². The fourth-order valence-electron chi connectivity index (χ4n) is 6.04. The number of carbonyl (C=O) groups excluding carboxylic acids is 4. The lowest BCUT2D eigenvalue weighted by molar-refractivity contribution is -0.136. The molecule has 2 bridgehead atoms. The summed E-state index contributed by atoms with van der Waals surface area (Å²) in [6.07, 6.45) is 4.76. The molecular formula is C31H42N4O8. The summed E-state index contributed by atoms with van der Waals surface area (Å²) in [5.41, 5.74) is 0.473. The van der Waals surface area contributed by atoms with Gasteiger partial charge in [-0.3, -0.25) is 24.1 Å². The maximum absolute atomic E-state index is 13.8. The molecule has 0 aromatic heterocycles. The van der Waals surface area contributed by atoms with Gasteiger partial charge in [-0.15, -0.1) is 0 Å². The van der Waals surface area contributed by atoms with Crippen LogP contribution in [0, 0.1) is 0 Å². The summed E-state index contributed by atoms with van der Waals surface area (Å²) in [4.78, 5) is 55.2. The van der Waals surface area contributed by atoms with Crippen molar-refractivity contribution in [3.8, 4) is 5.75 Å². The molecule has 3 aliphatic heterocycles. The van der Waals surface area contributed by atoms with Crippen LogP contribution in [0.2, 0.25) is 0 Å². The number of nitrogens with one attached hydrogen (secondary N) is 3. The molecule has 3 amide bonds. The number of rotatable bonds is 14. The number of amides is 3. The molecule has 3 fully saturated rings. The molecule has 0 spiro atoms. The zero-order valence-electron chi connectivity index (χ0n) is 25.0. The molecule has 12 heteroatoms. The second kappa shape index (κ2) is 13.1. The Labute approximate surface area is 251 Å². The van der Waals surface area contributed by atoms with Crippen molar-refractivity contribution >= 4 is 23.5 Å². The third kappa shape index (κ3) is 7.43. The summed E-state index contributed by atoms with van der Waals surface area (Å²) in [6, 6.07) is 3.35. The van der Waals surface area contributed by atoms with Crippen LogP contribution in [0.1, 0.15) is 57.6 Å². The fraction of sp³-hybridized carbons (Fsp3) is 0.613. The Bertz CT molecular complexity index is 1250. The highest BCUT2D eigenvalue weighted by Crippen LogP contribution is 2.32. The highest BCUT2D eigenvalue weighted by atomic mass is 16.6. The number of nitrogens with zero attached hydrogens (tertiary/aromatic N) is 1. The van der Waals surface area contributed by atoms with E-state index in [1.54, 1.807) is 31.2 Å². The number of carbonyl (C=O) groups is 4. The van der Waals surface area contributed by atoms with Crippen LogP contribution in [0.25, 0.3) is 0 Å². The molecule has 0 radical (unpaired) electrons. The summed E-state index contributed by atoms with van der Waals surface area (Å²) < 4.78 is 16.2. The first-order valence-electron chi connectivity index (χ1n) is 15.0. The number of Topliss-reactive ketones (excluding diaryl/α,β-unsaturated/α-hetero) is 1. The molecule has 0 saturated carbocycles. The van der Waals surface area contributed by atoms with Crippen molar-refractivity contribution < 1.29 is 38.5 Å². The minimum Gasteiger partial charge on any atom is -0.497 e. The van der Waals surface area contributed by atoms with Gasteiger partial charge in [-0.1, -0.05) is 23.8 Å². The number of benzene rings is 1. The first-order valence-corrected chi connectivity index (χ1v) is 15.0. The van der Waals surface area contributed by atoms with Gasteiger partial charge in [0.05, 0.1) is 39.0 Å². The Morgan fingerprint density at radius 1 is 1.14 bits per heavy atom. The predicted molar refractivity (Wildman–Crippen MR) is 155 cm³/mol. The van der Waals surface area contributed by atoms with Crippen molar-refractivity contribution in [2.45, 2.75) is 87.9 Å². The van der Waals surface area contributed by atoms with Crippen LogP contribution in [0.15, 0.2) is 35.9 Å². The summed E-state index contributed by atoms with van der Waals surface area (Å²) in [5.74, 6) is -1.38. The number of ether oxygens (including phenoxy) is 3. The SMILES string of the molecule is COc1ccc([C@@H](O)[C@H](NC(=O)[C@H](C)NC(=O)CN2C[C@H]3C[C@@H]2CO3)C(=O)N[C@@H](CC2=CCCC2)C(=O)[C@@]2(C)CO2)cc1. The van der Waals surface area contributed by atoms with E-state index in [1.165, 1.54) is 14.0 Å². The lowest BCUT2D eigenvalue weighted by Crippen LogP contribution is -2.58. The Morgan fingerprint density at radius 3 is 2.47 bits per heavy atom. The molecule has 0 unspecified atom stereocenters. The molecule has 1 aromatic carbocycles. The number of aliphatic hydroxyl groups is 1. The Kier molecular flexibility index (Phi) is 9.50. The number of epoxide rings is 1. The van der Waals surface area contributed by atoms with Crippen LogP contribution >= 0.6 is 0 Å². The lowest BCUT2D eigenvalue weighted by Gasteiger charge is -2.29. The average Bonchev–Trinajstić information content (AvgIpc) is 3.37. The number of hydrogen-bond donors (Lipinski definition) is 4. The first kappa shape index (κ1) is 31.1. The van der Waals surface area contributed by atoms with Gasteiger partial charge >= 0.3 is 0 Å². The van der Waals surface area contributed by atoms with Gasteiger partial charge in [0.1, 0.15) is 29.5 Å². The summed E-state index contributed by atoms with van der Waals surface area (Å²) >= 11 is 0. The second-order valence-electron chi connectivity index (χ2n) is 12.2. The van der Waals surface area contributed by atoms with Gasteiger partial charge in [0, 0.05) is 12.6 Å². The molecule has 7 atom stereocenters. The van der Waals surface area contributed by atoms with Crippen molar-refractivity contribution in [2.24, 2.45) is 0 Å². The molecule has 1 aliphatic carbocycles. The monoisotopic (exact) mass is 598 g/mol. The van der Waals surface area contributed by atoms with E-state index in [9.17, 15) is 24.3 Å². The van der Waals surface area contributed by atoms with Gasteiger partial charge in [0.25, 0.3) is 0 Å². The minimum absolute atomic E-state index is 0.140. The maximum atomic E-state index is 13.8. The molecular weight excluding hydrogens is 556 g/mol. The quantitative estimate of drug-likeness (QED) is 0.177. The average molecular weight is 599 g/mol. The van der Waals surface area contributed by atoms with Crippen molar-refractivity contribution in [2.75, 3.05) is 33.4 Å². The highest BCUT2D eigenvalue weighted by molar-refractivity contribution is 5.98. The van der Waals surface area contributed by atoms with E-state index < -0.39 is 41.6 Å². The van der Waals surface area contributed by atoms with E-state index in [2.05, 4.69) is 22.0 Å². The molecule has 43 heavy (non-hydrogen) atoms. The molecule has 1 aromatic rings. The van der Waals surface area contributed by atoms with Gasteiger partial charge in [-0.05, 0) is 63.6 Å². The van der Waals surface area contributed by atoms with Gasteiger partial charge < -0.3 is 35.3 Å². The zero-order valence-corrected chi connectivity index (χ0v) is 25.0. The molecule has 4 aliphatic rings. The number of methoxy groups -OCH3 is 1. The third-order valence-electron chi connectivity index (χ3n) is 8.82. The second-order valence-corrected chi connectivity index (χ2v) is 12.2. The van der Waals surface area contributed by atoms with E-state index in [4.69, 9.17) is 14.2 Å². The molecule has 4 N–H and O–H groups in total. The predicted octanol–water partition coefficient (Wildman–Crippen LogP) is 0.534. The number of morpholine rings is 1. The normalized spacial score (nSPS) is 27.0. The van der Waals surface area contributed by atoms with Crippen molar-refractivity contribution in [3.05, 3.63) is 41.5 Å². The lowest BCUT2D eigenvalue weighted by atomic mass is 9.93. The van der Waals surface area contributed by atoms with Crippen LogP contribution in [0.4, 0.5) is 0 Å². The van der Waals surface area contributed by atoms with Gasteiger partial charge in [-0.25, -0.2) is 0 Å². The first-order chi connectivity index (χ1) is 20.6. The summed E-state index contributed by atoms with van der Waals surface area (Å²) in [5, 5.41) is 19.5. The van der Waals surface area contributed by atoms with Gasteiger partial charge in [0.2, 0.25) is 17.7 Å². The van der Waals surface area contributed by atoms with Gasteiger partial charge in [-0.2, -0.15) is 0 Å². The summed E-state index contributed by atoms with van der Waals surface area (Å²) in [6.45, 7) is 4.89. The topological polar surface area (TPSA) is 159 Å².